The van der Waals surface area contributed by atoms with Crippen LogP contribution < -0.4 is 4.72 Å². The number of hydrogen-bond acceptors (Lipinski definition) is 5. The van der Waals surface area contributed by atoms with Crippen LogP contribution in [0.3, 0.4) is 0 Å². The van der Waals surface area contributed by atoms with Gasteiger partial charge in [0.2, 0.25) is 5.91 Å². The van der Waals surface area contributed by atoms with Crippen molar-refractivity contribution in [3.63, 3.8) is 0 Å². The second-order valence-corrected chi connectivity index (χ2v) is 5.02. The van der Waals surface area contributed by atoms with Crippen LogP contribution in [-0.4, -0.2) is 49.6 Å². The molecule has 1 saturated heterocycles. The van der Waals surface area contributed by atoms with Crippen molar-refractivity contribution in [2.75, 3.05) is 19.7 Å². The number of amides is 2. The summed E-state index contributed by atoms with van der Waals surface area (Å²) in [4.78, 5) is 23.7. The number of nitrogens with one attached hydrogen (secondary N) is 1. The molecule has 0 radical (unpaired) electrons. The maximum atomic E-state index is 11.1. The predicted molar refractivity (Wildman–Crippen MR) is 56.4 cm³/mol. The van der Waals surface area contributed by atoms with Gasteiger partial charge in [-0.3, -0.25) is 9.35 Å². The lowest BCUT2D eigenvalue weighted by Gasteiger charge is -2.17. The van der Waals surface area contributed by atoms with Crippen LogP contribution >= 0.6 is 0 Å². The molecule has 0 saturated carbocycles. The van der Waals surface area contributed by atoms with E-state index in [1.165, 1.54) is 9.62 Å². The van der Waals surface area contributed by atoms with Crippen LogP contribution in [0.2, 0.25) is 0 Å². The van der Waals surface area contributed by atoms with E-state index < -0.39 is 22.3 Å². The Hall–Kier alpha value is -1.35. The second-order valence-electron chi connectivity index (χ2n) is 3.87. The van der Waals surface area contributed by atoms with Gasteiger partial charge in [-0.1, -0.05) is 6.92 Å². The normalized spacial score (nSPS) is 17.8. The summed E-state index contributed by atoms with van der Waals surface area (Å²) in [6.45, 7) is 2.78. The zero-order valence-corrected chi connectivity index (χ0v) is 10.1. The van der Waals surface area contributed by atoms with E-state index in [1.54, 1.807) is 6.92 Å². The van der Waals surface area contributed by atoms with E-state index in [0.717, 1.165) is 0 Å². The SMILES string of the molecule is C[C@H](CC(=O)NS(=O)(=O)O)CN1CCOC1=O. The molecule has 1 aliphatic rings. The Labute approximate surface area is 98.8 Å². The first-order valence-corrected chi connectivity index (χ1v) is 6.41. The molecule has 2 N–H and O–H groups in total. The highest BCUT2D eigenvalue weighted by molar-refractivity contribution is 7.84. The van der Waals surface area contributed by atoms with Crippen molar-refractivity contribution in [1.29, 1.82) is 0 Å². The third-order valence-electron chi connectivity index (χ3n) is 2.15. The first-order valence-electron chi connectivity index (χ1n) is 4.97. The molecule has 1 rings (SSSR count). The molecule has 0 unspecified atom stereocenters. The Kier molecular flexibility index (Phi) is 4.29. The lowest BCUT2D eigenvalue weighted by Crippen LogP contribution is -2.34. The van der Waals surface area contributed by atoms with Crippen molar-refractivity contribution in [2.45, 2.75) is 13.3 Å². The number of carbonyl (C=O) groups excluding carboxylic acids is 2. The molecule has 0 aromatic heterocycles. The molecule has 2 amide bonds. The molecule has 1 aliphatic heterocycles. The van der Waals surface area contributed by atoms with Gasteiger partial charge in [0.25, 0.3) is 0 Å². The van der Waals surface area contributed by atoms with E-state index in [9.17, 15) is 18.0 Å². The molecule has 1 fully saturated rings. The minimum Gasteiger partial charge on any atom is -0.448 e. The van der Waals surface area contributed by atoms with Crippen molar-refractivity contribution in [1.82, 2.24) is 9.62 Å². The Balaban J connectivity index is 2.36. The molecule has 0 bridgehead atoms. The predicted octanol–water partition coefficient (Wildman–Crippen LogP) is -0.616. The highest BCUT2D eigenvalue weighted by Crippen LogP contribution is 2.10. The third-order valence-corrected chi connectivity index (χ3v) is 2.64. The van der Waals surface area contributed by atoms with E-state index >= 15 is 0 Å². The summed E-state index contributed by atoms with van der Waals surface area (Å²) >= 11 is 0. The van der Waals surface area contributed by atoms with Crippen molar-refractivity contribution in [2.24, 2.45) is 5.92 Å². The van der Waals surface area contributed by atoms with E-state index in [-0.39, 0.29) is 12.3 Å². The van der Waals surface area contributed by atoms with Crippen LogP contribution in [0.4, 0.5) is 4.79 Å². The number of carbonyl (C=O) groups is 2. The van der Waals surface area contributed by atoms with Crippen molar-refractivity contribution in [3.8, 4) is 0 Å². The van der Waals surface area contributed by atoms with Gasteiger partial charge in [0, 0.05) is 13.0 Å². The quantitative estimate of drug-likeness (QED) is 0.641. The fourth-order valence-electron chi connectivity index (χ4n) is 1.53. The highest BCUT2D eigenvalue weighted by Gasteiger charge is 2.24. The largest absolute Gasteiger partial charge is 0.448 e. The van der Waals surface area contributed by atoms with Gasteiger partial charge in [0.1, 0.15) is 6.61 Å². The number of rotatable bonds is 5. The molecular weight excluding hydrogens is 252 g/mol. The molecular formula is C8H14N2O6S. The molecule has 0 aromatic carbocycles. The van der Waals surface area contributed by atoms with E-state index in [2.05, 4.69) is 0 Å². The molecule has 0 aromatic rings. The number of hydrogen-bond donors (Lipinski definition) is 2. The van der Waals surface area contributed by atoms with E-state index in [0.29, 0.717) is 19.7 Å². The van der Waals surface area contributed by atoms with E-state index in [4.69, 9.17) is 9.29 Å². The average Bonchev–Trinajstić information content (AvgIpc) is 2.47. The maximum Gasteiger partial charge on any atom is 0.409 e. The Morgan fingerprint density at radius 2 is 2.29 bits per heavy atom. The fraction of sp³-hybridized carbons (Fsp3) is 0.750. The Bertz CT molecular complexity index is 406. The maximum absolute atomic E-state index is 11.1. The summed E-state index contributed by atoms with van der Waals surface area (Å²) in [6, 6.07) is 0. The van der Waals surface area contributed by atoms with Crippen molar-refractivity contribution >= 4 is 22.3 Å². The summed E-state index contributed by atoms with van der Waals surface area (Å²) < 4.78 is 35.2. The van der Waals surface area contributed by atoms with Gasteiger partial charge in [-0.25, -0.2) is 9.52 Å². The zero-order valence-electron chi connectivity index (χ0n) is 9.25. The van der Waals surface area contributed by atoms with Crippen molar-refractivity contribution in [3.05, 3.63) is 0 Å². The Morgan fingerprint density at radius 1 is 1.65 bits per heavy atom. The first kappa shape index (κ1) is 13.7. The molecule has 17 heavy (non-hydrogen) atoms. The second kappa shape index (κ2) is 5.32. The standard InChI is InChI=1S/C8H14N2O6S/c1-6(4-7(11)9-17(13,14)15)5-10-2-3-16-8(10)12/h6H,2-5H2,1H3,(H,9,11)(H,13,14,15)/t6-/m1/s1. The Morgan fingerprint density at radius 3 is 2.76 bits per heavy atom. The summed E-state index contributed by atoms with van der Waals surface area (Å²) in [5.41, 5.74) is 0. The molecule has 0 spiro atoms. The van der Waals surface area contributed by atoms with Crippen LogP contribution in [0, 0.1) is 5.92 Å². The van der Waals surface area contributed by atoms with Crippen LogP contribution in [0.15, 0.2) is 0 Å². The van der Waals surface area contributed by atoms with Gasteiger partial charge >= 0.3 is 16.4 Å². The van der Waals surface area contributed by atoms with Crippen LogP contribution in [0.5, 0.6) is 0 Å². The van der Waals surface area contributed by atoms with Gasteiger partial charge in [0.05, 0.1) is 6.54 Å². The molecule has 1 atom stereocenters. The van der Waals surface area contributed by atoms with Gasteiger partial charge in [0.15, 0.2) is 0 Å². The number of ether oxygens (including phenoxy) is 1. The first-order chi connectivity index (χ1) is 7.78. The molecule has 0 aliphatic carbocycles. The monoisotopic (exact) mass is 266 g/mol. The highest BCUT2D eigenvalue weighted by atomic mass is 32.2. The minimum atomic E-state index is -4.51. The fourth-order valence-corrected chi connectivity index (χ4v) is 1.91. The van der Waals surface area contributed by atoms with E-state index in [1.807, 2.05) is 0 Å². The lowest BCUT2D eigenvalue weighted by molar-refractivity contribution is -0.120. The van der Waals surface area contributed by atoms with Gasteiger partial charge in [-0.15, -0.1) is 0 Å². The number of nitrogens with zero attached hydrogens (tertiary/aromatic N) is 1. The molecule has 9 heteroatoms. The molecule has 98 valence electrons. The van der Waals surface area contributed by atoms with Gasteiger partial charge < -0.3 is 9.64 Å². The summed E-state index contributed by atoms with van der Waals surface area (Å²) in [6.07, 6.45) is -0.545. The summed E-state index contributed by atoms with van der Waals surface area (Å²) in [5.74, 6) is -1.05. The van der Waals surface area contributed by atoms with Crippen LogP contribution in [0.1, 0.15) is 13.3 Å². The molecule has 8 nitrogen and oxygen atoms in total. The lowest BCUT2D eigenvalue weighted by atomic mass is 10.1. The number of cyclic esters (lactones) is 1. The van der Waals surface area contributed by atoms with Gasteiger partial charge in [-0.05, 0) is 5.92 Å². The van der Waals surface area contributed by atoms with Gasteiger partial charge in [-0.2, -0.15) is 8.42 Å². The summed E-state index contributed by atoms with van der Waals surface area (Å²) in [7, 11) is -4.51. The third kappa shape index (κ3) is 5.00. The smallest absolute Gasteiger partial charge is 0.409 e. The average molecular weight is 266 g/mol. The van der Waals surface area contributed by atoms with Crippen LogP contribution in [0.25, 0.3) is 0 Å². The van der Waals surface area contributed by atoms with Crippen LogP contribution in [-0.2, 0) is 19.8 Å². The topological polar surface area (TPSA) is 113 Å². The minimum absolute atomic E-state index is 0.108. The zero-order chi connectivity index (χ0) is 13.1. The van der Waals surface area contributed by atoms with Crippen molar-refractivity contribution < 1.29 is 27.3 Å². The molecule has 1 heterocycles. The summed E-state index contributed by atoms with van der Waals surface area (Å²) in [5, 5.41) is 0.